The van der Waals surface area contributed by atoms with E-state index >= 15 is 0 Å². The largest absolute Gasteiger partial charge is 0.481 e. The number of amides is 2. The van der Waals surface area contributed by atoms with Gasteiger partial charge in [0.1, 0.15) is 0 Å². The van der Waals surface area contributed by atoms with Gasteiger partial charge in [-0.2, -0.15) is 0 Å². The monoisotopic (exact) mass is 304 g/mol. The second-order valence-electron chi connectivity index (χ2n) is 5.97. The van der Waals surface area contributed by atoms with Gasteiger partial charge in [0.05, 0.1) is 12.5 Å². The lowest BCUT2D eigenvalue weighted by Gasteiger charge is -2.23. The van der Waals surface area contributed by atoms with E-state index in [9.17, 15) is 9.59 Å². The molecule has 5 nitrogen and oxygen atoms in total. The summed E-state index contributed by atoms with van der Waals surface area (Å²) in [5.41, 5.74) is 3.91. The van der Waals surface area contributed by atoms with Crippen LogP contribution in [0.15, 0.2) is 18.2 Å². The highest BCUT2D eigenvalue weighted by molar-refractivity contribution is 5.75. The fourth-order valence-electron chi connectivity index (χ4n) is 2.77. The van der Waals surface area contributed by atoms with E-state index in [2.05, 4.69) is 23.5 Å². The molecule has 1 aromatic rings. The number of hydrogen-bond donors (Lipinski definition) is 2. The van der Waals surface area contributed by atoms with Gasteiger partial charge in [-0.15, -0.1) is 0 Å². The second-order valence-corrected chi connectivity index (χ2v) is 5.97. The number of nitrogens with one attached hydrogen (secondary N) is 1. The van der Waals surface area contributed by atoms with Crippen molar-refractivity contribution in [2.75, 3.05) is 13.6 Å². The molecule has 0 saturated carbocycles. The molecule has 0 aromatic heterocycles. The highest BCUT2D eigenvalue weighted by Crippen LogP contribution is 2.24. The fourth-order valence-corrected chi connectivity index (χ4v) is 2.77. The van der Waals surface area contributed by atoms with Crippen molar-refractivity contribution < 1.29 is 14.7 Å². The van der Waals surface area contributed by atoms with E-state index in [0.29, 0.717) is 0 Å². The molecular weight excluding hydrogens is 280 g/mol. The highest BCUT2D eigenvalue weighted by atomic mass is 16.4. The average molecular weight is 304 g/mol. The molecule has 22 heavy (non-hydrogen) atoms. The van der Waals surface area contributed by atoms with Crippen molar-refractivity contribution in [3.63, 3.8) is 0 Å². The summed E-state index contributed by atoms with van der Waals surface area (Å²) in [6.45, 7) is 2.16. The number of hydrogen-bond acceptors (Lipinski definition) is 2. The third kappa shape index (κ3) is 4.23. The zero-order valence-electron chi connectivity index (χ0n) is 13.3. The summed E-state index contributed by atoms with van der Waals surface area (Å²) in [6.07, 6.45) is 4.70. The van der Waals surface area contributed by atoms with Crippen molar-refractivity contribution in [3.8, 4) is 0 Å². The molecule has 1 aromatic carbocycles. The third-order valence-electron chi connectivity index (χ3n) is 4.22. The third-order valence-corrected chi connectivity index (χ3v) is 4.22. The van der Waals surface area contributed by atoms with Crippen molar-refractivity contribution in [2.24, 2.45) is 0 Å². The number of rotatable bonds is 5. The summed E-state index contributed by atoms with van der Waals surface area (Å²) in [6, 6.07) is 6.10. The van der Waals surface area contributed by atoms with Gasteiger partial charge in [0, 0.05) is 13.6 Å². The molecule has 0 fully saturated rings. The van der Waals surface area contributed by atoms with E-state index in [1.807, 2.05) is 6.92 Å². The Kier molecular flexibility index (Phi) is 5.41. The van der Waals surface area contributed by atoms with Crippen LogP contribution in [-0.2, 0) is 17.6 Å². The van der Waals surface area contributed by atoms with Crippen molar-refractivity contribution in [1.29, 1.82) is 0 Å². The van der Waals surface area contributed by atoms with Crippen molar-refractivity contribution in [2.45, 2.75) is 45.1 Å². The summed E-state index contributed by atoms with van der Waals surface area (Å²) in [4.78, 5) is 24.0. The van der Waals surface area contributed by atoms with E-state index in [1.165, 1.54) is 28.9 Å². The van der Waals surface area contributed by atoms with Gasteiger partial charge < -0.3 is 15.3 Å². The Balaban J connectivity index is 1.95. The number of carbonyl (C=O) groups excluding carboxylic acids is 1. The van der Waals surface area contributed by atoms with Gasteiger partial charge in [-0.1, -0.05) is 18.2 Å². The first kappa shape index (κ1) is 16.3. The molecule has 2 N–H and O–H groups in total. The number of aliphatic carboxylic acids is 1. The summed E-state index contributed by atoms with van der Waals surface area (Å²) < 4.78 is 0. The lowest BCUT2D eigenvalue weighted by Crippen LogP contribution is -2.39. The van der Waals surface area contributed by atoms with Crippen LogP contribution < -0.4 is 5.32 Å². The van der Waals surface area contributed by atoms with Crippen molar-refractivity contribution in [3.05, 3.63) is 34.9 Å². The van der Waals surface area contributed by atoms with Crippen LogP contribution in [0.2, 0.25) is 0 Å². The normalized spacial score (nSPS) is 14.8. The summed E-state index contributed by atoms with van der Waals surface area (Å²) >= 11 is 0. The molecule has 2 amide bonds. The van der Waals surface area contributed by atoms with Gasteiger partial charge in [-0.25, -0.2) is 4.79 Å². The molecule has 0 bridgehead atoms. The van der Waals surface area contributed by atoms with Crippen molar-refractivity contribution >= 4 is 12.0 Å². The molecular formula is C17H24N2O3. The molecule has 0 heterocycles. The first-order valence-electron chi connectivity index (χ1n) is 7.82. The number of aryl methyl sites for hydroxylation is 2. The Bertz CT molecular complexity index is 557. The van der Waals surface area contributed by atoms with E-state index in [1.54, 1.807) is 7.05 Å². The lowest BCUT2D eigenvalue weighted by molar-refractivity contribution is -0.137. The number of benzene rings is 1. The van der Waals surface area contributed by atoms with Crippen LogP contribution in [0.25, 0.3) is 0 Å². The number of fused-ring (bicyclic) bond motifs is 1. The SMILES string of the molecule is CC(NC(=O)N(C)CCC(=O)O)c1ccc2c(c1)CCCC2. The molecule has 5 heteroatoms. The smallest absolute Gasteiger partial charge is 0.317 e. The molecule has 1 unspecified atom stereocenters. The number of nitrogens with zero attached hydrogens (tertiary/aromatic N) is 1. The molecule has 1 aliphatic rings. The predicted octanol–water partition coefficient (Wildman–Crippen LogP) is 2.74. The summed E-state index contributed by atoms with van der Waals surface area (Å²) in [7, 11) is 1.61. The summed E-state index contributed by atoms with van der Waals surface area (Å²) in [5.74, 6) is -0.901. The lowest BCUT2D eigenvalue weighted by atomic mass is 9.89. The molecule has 0 aliphatic heterocycles. The fraction of sp³-hybridized carbons (Fsp3) is 0.529. The Labute approximate surface area is 131 Å². The van der Waals surface area contributed by atoms with Crippen LogP contribution in [0.5, 0.6) is 0 Å². The Morgan fingerprint density at radius 2 is 1.95 bits per heavy atom. The Hall–Kier alpha value is -2.04. The molecule has 1 atom stereocenters. The second kappa shape index (κ2) is 7.29. The Morgan fingerprint density at radius 3 is 2.64 bits per heavy atom. The van der Waals surface area contributed by atoms with E-state index in [0.717, 1.165) is 18.4 Å². The molecule has 0 saturated heterocycles. The molecule has 0 spiro atoms. The number of carboxylic acids is 1. The average Bonchev–Trinajstić information content (AvgIpc) is 2.51. The van der Waals surface area contributed by atoms with Gasteiger partial charge in [-0.3, -0.25) is 4.79 Å². The van der Waals surface area contributed by atoms with Gasteiger partial charge in [0.15, 0.2) is 0 Å². The topological polar surface area (TPSA) is 69.6 Å². The van der Waals surface area contributed by atoms with Gasteiger partial charge in [0.25, 0.3) is 0 Å². The standard InChI is InChI=1S/C17H24N2O3/c1-12(18-17(22)19(2)10-9-16(20)21)14-8-7-13-5-3-4-6-15(13)11-14/h7-8,11-12H,3-6,9-10H2,1-2H3,(H,18,22)(H,20,21). The zero-order chi connectivity index (χ0) is 16.1. The maximum atomic E-state index is 12.0. The zero-order valence-corrected chi connectivity index (χ0v) is 13.3. The van der Waals surface area contributed by atoms with Crippen LogP contribution in [0.3, 0.4) is 0 Å². The van der Waals surface area contributed by atoms with Gasteiger partial charge >= 0.3 is 12.0 Å². The summed E-state index contributed by atoms with van der Waals surface area (Å²) in [5, 5.41) is 11.6. The number of carboxylic acid groups (broad SMARTS) is 1. The van der Waals surface area contributed by atoms with Crippen LogP contribution in [-0.4, -0.2) is 35.6 Å². The van der Waals surface area contributed by atoms with Gasteiger partial charge in [0.2, 0.25) is 0 Å². The minimum atomic E-state index is -0.901. The molecule has 2 rings (SSSR count). The number of carbonyl (C=O) groups is 2. The van der Waals surface area contributed by atoms with Crippen LogP contribution in [0.4, 0.5) is 4.79 Å². The van der Waals surface area contributed by atoms with Gasteiger partial charge in [-0.05, 0) is 49.3 Å². The maximum absolute atomic E-state index is 12.0. The molecule has 0 radical (unpaired) electrons. The van der Waals surface area contributed by atoms with Crippen LogP contribution >= 0.6 is 0 Å². The minimum absolute atomic E-state index is 0.0445. The van der Waals surface area contributed by atoms with Crippen LogP contribution in [0, 0.1) is 0 Å². The molecule has 1 aliphatic carbocycles. The first-order chi connectivity index (χ1) is 10.5. The number of urea groups is 1. The van der Waals surface area contributed by atoms with Crippen LogP contribution in [0.1, 0.15) is 48.9 Å². The van der Waals surface area contributed by atoms with E-state index in [4.69, 9.17) is 5.11 Å². The first-order valence-corrected chi connectivity index (χ1v) is 7.82. The molecule has 120 valence electrons. The van der Waals surface area contributed by atoms with E-state index in [-0.39, 0.29) is 25.0 Å². The van der Waals surface area contributed by atoms with E-state index < -0.39 is 5.97 Å². The quantitative estimate of drug-likeness (QED) is 0.879. The maximum Gasteiger partial charge on any atom is 0.317 e. The predicted molar refractivity (Wildman–Crippen MR) is 84.9 cm³/mol. The highest BCUT2D eigenvalue weighted by Gasteiger charge is 2.16. The Morgan fingerprint density at radius 1 is 1.27 bits per heavy atom. The minimum Gasteiger partial charge on any atom is -0.481 e. The van der Waals surface area contributed by atoms with Crippen molar-refractivity contribution in [1.82, 2.24) is 10.2 Å².